The largest absolute Gasteiger partial charge is 0.490 e. The maximum absolute atomic E-state index is 12.8. The lowest BCUT2D eigenvalue weighted by atomic mass is 10.1. The summed E-state index contributed by atoms with van der Waals surface area (Å²) >= 11 is 1.32. The Morgan fingerprint density at radius 1 is 1.11 bits per heavy atom. The molecule has 0 aliphatic carbocycles. The highest BCUT2D eigenvalue weighted by molar-refractivity contribution is 7.14. The predicted octanol–water partition coefficient (Wildman–Crippen LogP) is 4.85. The summed E-state index contributed by atoms with van der Waals surface area (Å²) in [6.07, 6.45) is 1.58. The van der Waals surface area contributed by atoms with Crippen LogP contribution < -0.4 is 19.5 Å². The van der Waals surface area contributed by atoms with Gasteiger partial charge in [0.1, 0.15) is 5.69 Å². The maximum Gasteiger partial charge on any atom is 0.257 e. The molecule has 148 valence electrons. The maximum atomic E-state index is 12.8. The predicted molar refractivity (Wildman–Crippen MR) is 108 cm³/mol. The third-order valence-electron chi connectivity index (χ3n) is 3.67. The number of hydrogen-bond donors (Lipinski definition) is 1. The average molecular weight is 402 g/mol. The molecule has 8 heteroatoms. The lowest BCUT2D eigenvalue weighted by Crippen LogP contribution is -2.13. The summed E-state index contributed by atoms with van der Waals surface area (Å²) in [5, 5.41) is 5.10. The minimum Gasteiger partial charge on any atom is -0.490 e. The van der Waals surface area contributed by atoms with Crippen LogP contribution in [0.1, 0.15) is 31.1 Å². The standard InChI is InChI=1S/C20H22N2O5S/c1-4-24-16-10-13(11-17(25-5-2)18(16)26-6-3)19(23)22-20-21-14(12-28-20)15-8-7-9-27-15/h7-12H,4-6H2,1-3H3,(H,21,22,23). The number of hydrogen-bond acceptors (Lipinski definition) is 7. The molecule has 0 saturated heterocycles. The average Bonchev–Trinajstić information content (AvgIpc) is 3.36. The van der Waals surface area contributed by atoms with Gasteiger partial charge in [-0.2, -0.15) is 0 Å². The number of amides is 1. The number of thiazole rings is 1. The highest BCUT2D eigenvalue weighted by Gasteiger charge is 2.19. The second kappa shape index (κ2) is 9.27. The molecule has 0 aliphatic heterocycles. The number of furan rings is 1. The van der Waals surface area contributed by atoms with Gasteiger partial charge in [0.25, 0.3) is 5.91 Å². The van der Waals surface area contributed by atoms with E-state index in [4.69, 9.17) is 18.6 Å². The Bertz CT molecular complexity index is 894. The molecule has 1 amide bonds. The lowest BCUT2D eigenvalue weighted by Gasteiger charge is -2.16. The Kier molecular flexibility index (Phi) is 6.54. The van der Waals surface area contributed by atoms with Crippen molar-refractivity contribution in [2.45, 2.75) is 20.8 Å². The fourth-order valence-corrected chi connectivity index (χ4v) is 3.25. The molecule has 0 spiro atoms. The van der Waals surface area contributed by atoms with Gasteiger partial charge < -0.3 is 18.6 Å². The number of nitrogens with one attached hydrogen (secondary N) is 1. The highest BCUT2D eigenvalue weighted by Crippen LogP contribution is 2.39. The Balaban J connectivity index is 1.86. The first-order valence-corrected chi connectivity index (χ1v) is 9.91. The zero-order valence-electron chi connectivity index (χ0n) is 16.0. The molecule has 28 heavy (non-hydrogen) atoms. The van der Waals surface area contributed by atoms with Crippen molar-refractivity contribution in [3.05, 3.63) is 41.5 Å². The van der Waals surface area contributed by atoms with Crippen molar-refractivity contribution in [1.29, 1.82) is 0 Å². The number of benzene rings is 1. The molecule has 0 saturated carbocycles. The van der Waals surface area contributed by atoms with E-state index >= 15 is 0 Å². The Morgan fingerprint density at radius 2 is 1.79 bits per heavy atom. The van der Waals surface area contributed by atoms with Crippen molar-refractivity contribution in [1.82, 2.24) is 4.98 Å². The number of ether oxygens (including phenoxy) is 3. The molecule has 2 aromatic heterocycles. The lowest BCUT2D eigenvalue weighted by molar-refractivity contribution is 0.102. The van der Waals surface area contributed by atoms with Crippen molar-refractivity contribution in [2.24, 2.45) is 0 Å². The van der Waals surface area contributed by atoms with Gasteiger partial charge in [-0.05, 0) is 45.0 Å². The van der Waals surface area contributed by atoms with E-state index in [0.29, 0.717) is 59.2 Å². The molecule has 1 aromatic carbocycles. The van der Waals surface area contributed by atoms with Crippen molar-refractivity contribution in [2.75, 3.05) is 25.1 Å². The van der Waals surface area contributed by atoms with Crippen LogP contribution in [0.15, 0.2) is 40.3 Å². The van der Waals surface area contributed by atoms with Gasteiger partial charge in [-0.25, -0.2) is 4.98 Å². The fraction of sp³-hybridized carbons (Fsp3) is 0.300. The van der Waals surface area contributed by atoms with Crippen LogP contribution >= 0.6 is 11.3 Å². The molecule has 0 fully saturated rings. The monoisotopic (exact) mass is 402 g/mol. The smallest absolute Gasteiger partial charge is 0.257 e. The normalized spacial score (nSPS) is 10.5. The molecule has 3 rings (SSSR count). The fourth-order valence-electron chi connectivity index (χ4n) is 2.56. The van der Waals surface area contributed by atoms with Crippen molar-refractivity contribution >= 4 is 22.4 Å². The molecule has 7 nitrogen and oxygen atoms in total. The van der Waals surface area contributed by atoms with Crippen LogP contribution in [0.4, 0.5) is 5.13 Å². The first kappa shape index (κ1) is 19.8. The van der Waals surface area contributed by atoms with E-state index in [-0.39, 0.29) is 5.91 Å². The number of rotatable bonds is 9. The minimum absolute atomic E-state index is 0.315. The summed E-state index contributed by atoms with van der Waals surface area (Å²) in [6.45, 7) is 6.96. The molecule has 2 heterocycles. The molecule has 1 N–H and O–H groups in total. The second-order valence-corrected chi connectivity index (χ2v) is 6.43. The van der Waals surface area contributed by atoms with Gasteiger partial charge >= 0.3 is 0 Å². The van der Waals surface area contributed by atoms with Crippen LogP contribution in [0.25, 0.3) is 11.5 Å². The number of anilines is 1. The number of carbonyl (C=O) groups is 1. The topological polar surface area (TPSA) is 82.8 Å². The third kappa shape index (κ3) is 4.45. The van der Waals surface area contributed by atoms with Crippen LogP contribution in [0.5, 0.6) is 17.2 Å². The van der Waals surface area contributed by atoms with E-state index in [9.17, 15) is 4.79 Å². The van der Waals surface area contributed by atoms with E-state index < -0.39 is 0 Å². The molecule has 0 bridgehead atoms. The van der Waals surface area contributed by atoms with E-state index in [1.807, 2.05) is 32.2 Å². The summed E-state index contributed by atoms with van der Waals surface area (Å²) < 4.78 is 22.3. The van der Waals surface area contributed by atoms with Crippen LogP contribution in [-0.4, -0.2) is 30.7 Å². The summed E-state index contributed by atoms with van der Waals surface area (Å²) in [4.78, 5) is 17.2. The zero-order chi connectivity index (χ0) is 19.9. The van der Waals surface area contributed by atoms with E-state index in [2.05, 4.69) is 10.3 Å². The van der Waals surface area contributed by atoms with Crippen molar-refractivity contribution in [3.63, 3.8) is 0 Å². The van der Waals surface area contributed by atoms with Gasteiger partial charge in [0.05, 0.1) is 26.1 Å². The molecule has 0 radical (unpaired) electrons. The molecular formula is C20H22N2O5S. The van der Waals surface area contributed by atoms with Gasteiger partial charge in [0.15, 0.2) is 22.4 Å². The number of aromatic nitrogens is 1. The van der Waals surface area contributed by atoms with Crippen LogP contribution in [-0.2, 0) is 0 Å². The highest BCUT2D eigenvalue weighted by atomic mass is 32.1. The van der Waals surface area contributed by atoms with Crippen molar-refractivity contribution in [3.8, 4) is 28.7 Å². The summed E-state index contributed by atoms with van der Waals surface area (Å²) in [7, 11) is 0. The van der Waals surface area contributed by atoms with Gasteiger partial charge in [0.2, 0.25) is 5.75 Å². The minimum atomic E-state index is -0.315. The molecule has 0 aliphatic rings. The van der Waals surface area contributed by atoms with Gasteiger partial charge in [0, 0.05) is 10.9 Å². The molecular weight excluding hydrogens is 380 g/mol. The summed E-state index contributed by atoms with van der Waals surface area (Å²) in [6, 6.07) is 6.90. The van der Waals surface area contributed by atoms with Gasteiger partial charge in [-0.1, -0.05) is 0 Å². The van der Waals surface area contributed by atoms with E-state index in [0.717, 1.165) is 0 Å². The molecule has 0 unspecified atom stereocenters. The number of carbonyl (C=O) groups excluding carboxylic acids is 1. The van der Waals surface area contributed by atoms with Gasteiger partial charge in [-0.15, -0.1) is 11.3 Å². The second-order valence-electron chi connectivity index (χ2n) is 5.57. The van der Waals surface area contributed by atoms with Crippen LogP contribution in [0.3, 0.4) is 0 Å². The Hall–Kier alpha value is -3.00. The van der Waals surface area contributed by atoms with Crippen molar-refractivity contribution < 1.29 is 23.4 Å². The first-order chi connectivity index (χ1) is 13.7. The Morgan fingerprint density at radius 3 is 2.36 bits per heavy atom. The summed E-state index contributed by atoms with van der Waals surface area (Å²) in [5.74, 6) is 1.77. The SMILES string of the molecule is CCOc1cc(C(=O)Nc2nc(-c3ccco3)cs2)cc(OCC)c1OCC. The number of nitrogens with zero attached hydrogens (tertiary/aromatic N) is 1. The van der Waals surface area contributed by atoms with Crippen LogP contribution in [0.2, 0.25) is 0 Å². The third-order valence-corrected chi connectivity index (χ3v) is 4.43. The van der Waals surface area contributed by atoms with E-state index in [1.54, 1.807) is 24.5 Å². The quantitative estimate of drug-likeness (QED) is 0.551. The zero-order valence-corrected chi connectivity index (χ0v) is 16.8. The first-order valence-electron chi connectivity index (χ1n) is 9.03. The molecule has 3 aromatic rings. The van der Waals surface area contributed by atoms with E-state index in [1.165, 1.54) is 11.3 Å². The molecule has 0 atom stereocenters. The Labute approximate surface area is 167 Å². The summed E-state index contributed by atoms with van der Waals surface area (Å²) in [5.41, 5.74) is 1.06. The van der Waals surface area contributed by atoms with Gasteiger partial charge in [-0.3, -0.25) is 10.1 Å². The van der Waals surface area contributed by atoms with Crippen LogP contribution in [0, 0.1) is 0 Å².